The predicted octanol–water partition coefficient (Wildman–Crippen LogP) is 1.26. The number of nitrogens with zero attached hydrogens (tertiary/aromatic N) is 2. The summed E-state index contributed by atoms with van der Waals surface area (Å²) in [7, 11) is 1.29. The molecule has 0 aliphatic carbocycles. The largest absolute Gasteiger partial charge is 0.468 e. The van der Waals surface area contributed by atoms with E-state index in [0.717, 1.165) is 5.56 Å². The summed E-state index contributed by atoms with van der Waals surface area (Å²) in [6.07, 6.45) is 0. The molecule has 0 saturated heterocycles. The second kappa shape index (κ2) is 5.73. The van der Waals surface area contributed by atoms with Gasteiger partial charge in [-0.3, -0.25) is 14.5 Å². The normalized spacial score (nSPS) is 15.4. The Balaban J connectivity index is 2.43. The van der Waals surface area contributed by atoms with Crippen molar-refractivity contribution in [1.82, 2.24) is 0 Å². The third kappa shape index (κ3) is 2.49. The smallest absolute Gasteiger partial charge is 0.325 e. The third-order valence-corrected chi connectivity index (χ3v) is 2.95. The van der Waals surface area contributed by atoms with Crippen LogP contribution in [0.1, 0.15) is 18.1 Å². The second-order valence-electron chi connectivity index (χ2n) is 4.35. The van der Waals surface area contributed by atoms with Crippen LogP contribution in [-0.2, 0) is 19.2 Å². The van der Waals surface area contributed by atoms with Gasteiger partial charge >= 0.3 is 5.97 Å². The molecular formula is C14H16N2O4. The first-order valence-electron chi connectivity index (χ1n) is 6.28. The Morgan fingerprint density at radius 3 is 2.80 bits per heavy atom. The molecule has 0 radical (unpaired) electrons. The number of methoxy groups -OCH3 is 1. The molecule has 0 bridgehead atoms. The topological polar surface area (TPSA) is 68.2 Å². The summed E-state index contributed by atoms with van der Waals surface area (Å²) in [5, 5.41) is 3.86. The van der Waals surface area contributed by atoms with E-state index in [0.29, 0.717) is 17.9 Å². The molecule has 0 spiro atoms. The minimum absolute atomic E-state index is 0.142. The molecule has 1 aromatic rings. The van der Waals surface area contributed by atoms with Gasteiger partial charge in [0.2, 0.25) is 0 Å². The highest BCUT2D eigenvalue weighted by Crippen LogP contribution is 2.30. The zero-order valence-corrected chi connectivity index (χ0v) is 11.7. The Bertz CT molecular complexity index is 581. The molecule has 0 N–H and O–H groups in total. The van der Waals surface area contributed by atoms with Gasteiger partial charge in [-0.05, 0) is 26.0 Å². The maximum Gasteiger partial charge on any atom is 0.325 e. The zero-order chi connectivity index (χ0) is 14.7. The first-order valence-corrected chi connectivity index (χ1v) is 6.28. The summed E-state index contributed by atoms with van der Waals surface area (Å²) in [4.78, 5) is 30.1. The maximum absolute atomic E-state index is 12.3. The molecule has 0 atom stereocenters. The van der Waals surface area contributed by atoms with Crippen LogP contribution in [0, 0.1) is 6.92 Å². The molecule has 6 heteroatoms. The van der Waals surface area contributed by atoms with Crippen molar-refractivity contribution in [2.45, 2.75) is 13.8 Å². The fourth-order valence-corrected chi connectivity index (χ4v) is 2.00. The number of amides is 1. The lowest BCUT2D eigenvalue weighted by atomic mass is 10.1. The van der Waals surface area contributed by atoms with Crippen LogP contribution in [0.2, 0.25) is 0 Å². The highest BCUT2D eigenvalue weighted by atomic mass is 16.6. The van der Waals surface area contributed by atoms with Gasteiger partial charge in [-0.2, -0.15) is 0 Å². The second-order valence-corrected chi connectivity index (χ2v) is 4.35. The van der Waals surface area contributed by atoms with Crippen molar-refractivity contribution >= 4 is 23.3 Å². The van der Waals surface area contributed by atoms with E-state index in [1.807, 2.05) is 19.1 Å². The van der Waals surface area contributed by atoms with Gasteiger partial charge in [-0.15, -0.1) is 0 Å². The van der Waals surface area contributed by atoms with Gasteiger partial charge < -0.3 is 9.57 Å². The van der Waals surface area contributed by atoms with Gasteiger partial charge in [0.15, 0.2) is 5.71 Å². The quantitative estimate of drug-likeness (QED) is 0.613. The molecule has 20 heavy (non-hydrogen) atoms. The number of anilines is 1. The van der Waals surface area contributed by atoms with E-state index in [4.69, 9.17) is 4.84 Å². The number of benzene rings is 1. The number of esters is 1. The Morgan fingerprint density at radius 1 is 1.40 bits per heavy atom. The Hall–Kier alpha value is -2.37. The van der Waals surface area contributed by atoms with Crippen LogP contribution in [0.15, 0.2) is 23.4 Å². The molecule has 1 aromatic carbocycles. The monoisotopic (exact) mass is 276 g/mol. The van der Waals surface area contributed by atoms with Crippen molar-refractivity contribution in [1.29, 1.82) is 0 Å². The van der Waals surface area contributed by atoms with Crippen molar-refractivity contribution in [3.8, 4) is 0 Å². The number of hydrogen-bond donors (Lipinski definition) is 0. The number of carbonyl (C=O) groups is 2. The fourth-order valence-electron chi connectivity index (χ4n) is 2.00. The molecule has 2 rings (SSSR count). The van der Waals surface area contributed by atoms with Crippen LogP contribution in [0.25, 0.3) is 0 Å². The van der Waals surface area contributed by atoms with E-state index < -0.39 is 5.97 Å². The Labute approximate surface area is 117 Å². The van der Waals surface area contributed by atoms with Crippen LogP contribution >= 0.6 is 0 Å². The number of rotatable bonds is 4. The van der Waals surface area contributed by atoms with Gasteiger partial charge in [-0.25, -0.2) is 0 Å². The summed E-state index contributed by atoms with van der Waals surface area (Å²) in [6.45, 7) is 3.93. The van der Waals surface area contributed by atoms with Crippen molar-refractivity contribution in [3.63, 3.8) is 0 Å². The average Bonchev–Trinajstić information content (AvgIpc) is 2.69. The first-order chi connectivity index (χ1) is 9.58. The van der Waals surface area contributed by atoms with Crippen LogP contribution in [0.5, 0.6) is 0 Å². The molecule has 0 fully saturated rings. The molecular weight excluding hydrogens is 260 g/mol. The lowest BCUT2D eigenvalue weighted by Crippen LogP contribution is -2.35. The lowest BCUT2D eigenvalue weighted by molar-refractivity contribution is -0.139. The molecule has 0 unspecified atom stereocenters. The summed E-state index contributed by atoms with van der Waals surface area (Å²) in [5.74, 6) is -0.841. The van der Waals surface area contributed by atoms with Crippen LogP contribution < -0.4 is 4.90 Å². The van der Waals surface area contributed by atoms with E-state index in [9.17, 15) is 9.59 Å². The summed E-state index contributed by atoms with van der Waals surface area (Å²) in [5.41, 5.74) is 2.53. The van der Waals surface area contributed by atoms with Crippen molar-refractivity contribution < 1.29 is 19.2 Å². The molecule has 106 valence electrons. The molecule has 0 aromatic heterocycles. The molecule has 0 saturated carbocycles. The van der Waals surface area contributed by atoms with Crippen LogP contribution in [-0.4, -0.2) is 37.8 Å². The summed E-state index contributed by atoms with van der Waals surface area (Å²) < 4.78 is 4.61. The van der Waals surface area contributed by atoms with Crippen LogP contribution in [0.3, 0.4) is 0 Å². The van der Waals surface area contributed by atoms with Gasteiger partial charge in [0.1, 0.15) is 13.2 Å². The fraction of sp³-hybridized carbons (Fsp3) is 0.357. The van der Waals surface area contributed by atoms with E-state index >= 15 is 0 Å². The zero-order valence-electron chi connectivity index (χ0n) is 11.7. The van der Waals surface area contributed by atoms with Gasteiger partial charge in [0, 0.05) is 5.56 Å². The van der Waals surface area contributed by atoms with E-state index in [2.05, 4.69) is 9.89 Å². The van der Waals surface area contributed by atoms with E-state index in [-0.39, 0.29) is 18.2 Å². The number of carbonyl (C=O) groups excluding carboxylic acids is 2. The first kappa shape index (κ1) is 14.0. The minimum Gasteiger partial charge on any atom is -0.468 e. The minimum atomic E-state index is -0.484. The van der Waals surface area contributed by atoms with Gasteiger partial charge in [-0.1, -0.05) is 16.8 Å². The highest BCUT2D eigenvalue weighted by molar-refractivity contribution is 6.54. The predicted molar refractivity (Wildman–Crippen MR) is 73.7 cm³/mol. The molecule has 1 amide bonds. The SMILES string of the molecule is CCON=C1C(=O)N(CC(=O)OC)c2ccc(C)cc21. The maximum atomic E-state index is 12.3. The van der Waals surface area contributed by atoms with E-state index in [1.54, 1.807) is 13.0 Å². The summed E-state index contributed by atoms with van der Waals surface area (Å²) in [6, 6.07) is 5.52. The number of aryl methyl sites for hydroxylation is 1. The van der Waals surface area contributed by atoms with Crippen LogP contribution in [0.4, 0.5) is 5.69 Å². The number of fused-ring (bicyclic) bond motifs is 1. The standard InChI is InChI=1S/C14H16N2O4/c1-4-20-15-13-10-7-9(2)5-6-11(10)16(14(13)18)8-12(17)19-3/h5-7H,4,8H2,1-3H3. The molecule has 1 heterocycles. The number of hydrogen-bond acceptors (Lipinski definition) is 5. The van der Waals surface area contributed by atoms with Crippen molar-refractivity contribution in [2.24, 2.45) is 5.16 Å². The molecule has 1 aliphatic rings. The average molecular weight is 276 g/mol. The Morgan fingerprint density at radius 2 is 2.15 bits per heavy atom. The lowest BCUT2D eigenvalue weighted by Gasteiger charge is -2.14. The van der Waals surface area contributed by atoms with Gasteiger partial charge in [0.05, 0.1) is 12.8 Å². The third-order valence-electron chi connectivity index (χ3n) is 2.95. The number of oxime groups is 1. The summed E-state index contributed by atoms with van der Waals surface area (Å²) >= 11 is 0. The highest BCUT2D eigenvalue weighted by Gasteiger charge is 2.36. The van der Waals surface area contributed by atoms with E-state index in [1.165, 1.54) is 12.0 Å². The van der Waals surface area contributed by atoms with Crippen molar-refractivity contribution in [3.05, 3.63) is 29.3 Å². The Kier molecular flexibility index (Phi) is 4.02. The molecule has 1 aliphatic heterocycles. The molecule has 6 nitrogen and oxygen atoms in total. The van der Waals surface area contributed by atoms with Crippen molar-refractivity contribution in [2.75, 3.05) is 25.2 Å². The van der Waals surface area contributed by atoms with Gasteiger partial charge in [0.25, 0.3) is 5.91 Å². The number of ether oxygens (including phenoxy) is 1.